The molecule has 1 saturated carbocycles. The molecule has 0 bridgehead atoms. The fourth-order valence-electron chi connectivity index (χ4n) is 6.72. The van der Waals surface area contributed by atoms with E-state index in [2.05, 4.69) is 49.6 Å². The molecule has 0 aromatic carbocycles. The average molecular weight is 853 g/mol. The zero-order valence-electron chi connectivity index (χ0n) is 28.7. The number of hydrogen-bond donors (Lipinski definition) is 1. The normalized spacial score (nSPS) is 17.0. The standard InChI is InChI=1S/C16H21Cl2FN6.C13H18FN3.C4H4Cl2N2.BrH/c1-12-22-14(17)15(18)25(12)5-3-2-4-23-6-8-24(9-7-23)16-20-10-13(19)11-21-16;14-11-9-15-12(16-10-11)17-7-5-13(6-8-17)3-1-2-4-13;1-2-7-3(5)4(6)8-2;/h10-11H,2-9H2,1H3;9-10H,1-8H2;1H3,(H,7,8);1H/p-1. The third-order valence-electron chi connectivity index (χ3n) is 9.54. The van der Waals surface area contributed by atoms with Crippen LogP contribution in [0.1, 0.15) is 63.0 Å². The highest BCUT2D eigenvalue weighted by molar-refractivity contribution is 6.41. The van der Waals surface area contributed by atoms with E-state index in [1.807, 2.05) is 11.5 Å². The van der Waals surface area contributed by atoms with Gasteiger partial charge in [0.1, 0.15) is 22.0 Å². The van der Waals surface area contributed by atoms with Crippen molar-refractivity contribution in [3.05, 3.63) is 68.7 Å². The number of rotatable bonds is 7. The van der Waals surface area contributed by atoms with Crippen LogP contribution in [0.4, 0.5) is 20.7 Å². The van der Waals surface area contributed by atoms with Crippen LogP contribution >= 0.6 is 46.4 Å². The van der Waals surface area contributed by atoms with Crippen molar-refractivity contribution in [1.29, 1.82) is 0 Å². The largest absolute Gasteiger partial charge is 1.00 e. The second kappa shape index (κ2) is 19.6. The lowest BCUT2D eigenvalue weighted by Gasteiger charge is -2.39. The number of piperazine rings is 1. The summed E-state index contributed by atoms with van der Waals surface area (Å²) in [5.74, 6) is 2.10. The summed E-state index contributed by atoms with van der Waals surface area (Å²) in [6, 6.07) is 0. The minimum absolute atomic E-state index is 0. The van der Waals surface area contributed by atoms with Crippen molar-refractivity contribution in [2.75, 3.05) is 55.6 Å². The fraction of sp³-hybridized carbons (Fsp3) is 0.576. The number of aryl methyl sites for hydroxylation is 2. The maximum Gasteiger partial charge on any atom is 0.225 e. The highest BCUT2D eigenvalue weighted by Gasteiger charge is 2.37. The summed E-state index contributed by atoms with van der Waals surface area (Å²) < 4.78 is 27.6. The zero-order chi connectivity index (χ0) is 35.7. The number of anilines is 2. The Morgan fingerprint density at radius 3 is 1.63 bits per heavy atom. The molecule has 280 valence electrons. The molecule has 3 fully saturated rings. The quantitative estimate of drug-likeness (QED) is 0.262. The maximum absolute atomic E-state index is 12.9. The lowest BCUT2D eigenvalue weighted by Crippen LogP contribution is -3.00. The van der Waals surface area contributed by atoms with E-state index >= 15 is 0 Å². The summed E-state index contributed by atoms with van der Waals surface area (Å²) in [6.45, 7) is 11.2. The number of aromatic nitrogens is 8. The van der Waals surface area contributed by atoms with E-state index in [-0.39, 0.29) is 22.8 Å². The number of hydrogen-bond acceptors (Lipinski definition) is 9. The first kappa shape index (κ1) is 41.4. The summed E-state index contributed by atoms with van der Waals surface area (Å²) in [6.07, 6.45) is 15.1. The number of nitrogens with one attached hydrogen (secondary N) is 1. The Labute approximate surface area is 328 Å². The van der Waals surface area contributed by atoms with E-state index in [0.717, 1.165) is 76.8 Å². The second-order valence-electron chi connectivity index (χ2n) is 13.0. The number of halogens is 7. The van der Waals surface area contributed by atoms with Crippen LogP contribution in [-0.2, 0) is 6.54 Å². The molecular formula is C33H43BrCl4F2N11-. The molecule has 0 atom stereocenters. The molecule has 4 aromatic heterocycles. The predicted octanol–water partition coefficient (Wildman–Crippen LogP) is 4.84. The fourth-order valence-corrected chi connectivity index (χ4v) is 7.54. The predicted molar refractivity (Wildman–Crippen MR) is 195 cm³/mol. The molecule has 1 spiro atoms. The van der Waals surface area contributed by atoms with Crippen molar-refractivity contribution < 1.29 is 25.8 Å². The van der Waals surface area contributed by atoms with Crippen molar-refractivity contribution in [3.8, 4) is 0 Å². The van der Waals surface area contributed by atoms with Crippen LogP contribution in [0.25, 0.3) is 0 Å². The Hall–Kier alpha value is -2.36. The van der Waals surface area contributed by atoms with Crippen LogP contribution < -0.4 is 26.8 Å². The van der Waals surface area contributed by atoms with Gasteiger partial charge in [0.2, 0.25) is 11.9 Å². The number of aromatic amines is 1. The van der Waals surface area contributed by atoms with E-state index < -0.39 is 5.82 Å². The number of H-pyrrole nitrogens is 1. The number of imidazole rings is 2. The van der Waals surface area contributed by atoms with Gasteiger partial charge in [0.15, 0.2) is 21.9 Å². The van der Waals surface area contributed by atoms with Crippen molar-refractivity contribution in [3.63, 3.8) is 0 Å². The van der Waals surface area contributed by atoms with Crippen LogP contribution in [0.5, 0.6) is 0 Å². The Morgan fingerprint density at radius 2 is 1.20 bits per heavy atom. The van der Waals surface area contributed by atoms with E-state index in [0.29, 0.717) is 37.9 Å². The summed E-state index contributed by atoms with van der Waals surface area (Å²) in [5.41, 5.74) is 0.608. The number of unbranched alkanes of at least 4 members (excludes halogenated alkanes) is 1. The molecule has 0 unspecified atom stereocenters. The molecule has 3 aliphatic rings. The molecule has 51 heavy (non-hydrogen) atoms. The van der Waals surface area contributed by atoms with Gasteiger partial charge in [0.05, 0.1) is 24.8 Å². The Morgan fingerprint density at radius 1 is 0.686 bits per heavy atom. The van der Waals surface area contributed by atoms with Gasteiger partial charge in [0.25, 0.3) is 0 Å². The Balaban J connectivity index is 0.000000193. The van der Waals surface area contributed by atoms with Crippen molar-refractivity contribution in [1.82, 2.24) is 44.4 Å². The number of nitrogens with zero attached hydrogens (tertiary/aromatic N) is 10. The molecule has 4 aromatic rings. The molecule has 6 heterocycles. The monoisotopic (exact) mass is 850 g/mol. The molecule has 18 heteroatoms. The van der Waals surface area contributed by atoms with Gasteiger partial charge in [-0.05, 0) is 64.3 Å². The minimum atomic E-state index is -0.406. The Bertz CT molecular complexity index is 1620. The molecule has 1 N–H and O–H groups in total. The SMILES string of the molecule is Cc1nc(Cl)c(Cl)[nH]1.Cc1nc(Cl)c(Cl)n1CCCCN1CCN(c2ncc(F)cn2)CC1.Fc1cnc(N2CCC3(CCCC3)CC2)nc1.[Br-]. The molecule has 2 aliphatic heterocycles. The van der Waals surface area contributed by atoms with Gasteiger partial charge in [-0.25, -0.2) is 38.7 Å². The first-order valence-corrected chi connectivity index (χ1v) is 18.5. The molecule has 11 nitrogen and oxygen atoms in total. The third-order valence-corrected chi connectivity index (χ3v) is 10.9. The van der Waals surface area contributed by atoms with E-state index in [1.54, 1.807) is 6.92 Å². The Kier molecular flexibility index (Phi) is 15.9. The van der Waals surface area contributed by atoms with Crippen LogP contribution in [0.3, 0.4) is 0 Å². The lowest BCUT2D eigenvalue weighted by molar-refractivity contribution is -0.0000121. The van der Waals surface area contributed by atoms with E-state index in [1.165, 1.54) is 63.3 Å². The average Bonchev–Trinajstić information content (AvgIpc) is 3.76. The van der Waals surface area contributed by atoms with Gasteiger partial charge in [-0.2, -0.15) is 0 Å². The van der Waals surface area contributed by atoms with Gasteiger partial charge in [-0.15, -0.1) is 0 Å². The summed E-state index contributed by atoms with van der Waals surface area (Å²) in [5, 5.41) is 1.64. The summed E-state index contributed by atoms with van der Waals surface area (Å²) in [7, 11) is 0. The second-order valence-corrected chi connectivity index (χ2v) is 14.4. The van der Waals surface area contributed by atoms with Crippen molar-refractivity contribution in [2.24, 2.45) is 5.41 Å². The van der Waals surface area contributed by atoms with E-state index in [4.69, 9.17) is 46.4 Å². The van der Waals surface area contributed by atoms with Gasteiger partial charge < -0.3 is 36.3 Å². The van der Waals surface area contributed by atoms with Crippen LogP contribution in [0.15, 0.2) is 24.8 Å². The van der Waals surface area contributed by atoms with Gasteiger partial charge >= 0.3 is 0 Å². The van der Waals surface area contributed by atoms with Crippen LogP contribution in [0, 0.1) is 30.9 Å². The lowest BCUT2D eigenvalue weighted by atomic mass is 9.77. The molecule has 1 aliphatic carbocycles. The number of piperidine rings is 1. The molecule has 2 saturated heterocycles. The zero-order valence-corrected chi connectivity index (χ0v) is 33.4. The summed E-state index contributed by atoms with van der Waals surface area (Å²) >= 11 is 23.0. The van der Waals surface area contributed by atoms with Crippen molar-refractivity contribution >= 4 is 58.3 Å². The van der Waals surface area contributed by atoms with Gasteiger partial charge in [-0.1, -0.05) is 59.2 Å². The van der Waals surface area contributed by atoms with Gasteiger partial charge in [0, 0.05) is 45.8 Å². The third kappa shape index (κ3) is 11.8. The highest BCUT2D eigenvalue weighted by atomic mass is 79.9. The highest BCUT2D eigenvalue weighted by Crippen LogP contribution is 2.46. The first-order chi connectivity index (χ1) is 24.0. The molecule has 0 amide bonds. The molecule has 0 radical (unpaired) electrons. The van der Waals surface area contributed by atoms with E-state index in [9.17, 15) is 8.78 Å². The van der Waals surface area contributed by atoms with Crippen molar-refractivity contribution in [2.45, 2.75) is 71.8 Å². The summed E-state index contributed by atoms with van der Waals surface area (Å²) in [4.78, 5) is 33.6. The maximum atomic E-state index is 12.9. The topological polar surface area (TPSA) is 108 Å². The smallest absolute Gasteiger partial charge is 0.225 e. The molecular weight excluding hydrogens is 810 g/mol. The molecule has 7 rings (SSSR count). The van der Waals surface area contributed by atoms with Crippen LogP contribution in [0.2, 0.25) is 20.6 Å². The van der Waals surface area contributed by atoms with Gasteiger partial charge in [-0.3, -0.25) is 4.90 Å². The van der Waals surface area contributed by atoms with Crippen LogP contribution in [-0.4, -0.2) is 90.2 Å². The first-order valence-electron chi connectivity index (χ1n) is 16.9. The minimum Gasteiger partial charge on any atom is -1.00 e.